The van der Waals surface area contributed by atoms with E-state index in [-0.39, 0.29) is 11.7 Å². The summed E-state index contributed by atoms with van der Waals surface area (Å²) in [5.41, 5.74) is 0.493. The molecule has 1 amide bonds. The molecule has 2 rings (SSSR count). The van der Waals surface area contributed by atoms with Crippen LogP contribution in [0, 0.1) is 5.82 Å². The summed E-state index contributed by atoms with van der Waals surface area (Å²) in [7, 11) is 1.62. The van der Waals surface area contributed by atoms with E-state index in [0.717, 1.165) is 0 Å². The van der Waals surface area contributed by atoms with E-state index in [4.69, 9.17) is 4.74 Å². The van der Waals surface area contributed by atoms with E-state index < -0.39 is 0 Å². The van der Waals surface area contributed by atoms with Gasteiger partial charge in [-0.25, -0.2) is 4.39 Å². The largest absolute Gasteiger partial charge is 0.491 e. The summed E-state index contributed by atoms with van der Waals surface area (Å²) in [5, 5.41) is 0. The zero-order chi connectivity index (χ0) is 10.1. The molecule has 0 N–H and O–H groups in total. The average Bonchev–Trinajstić information content (AvgIpc) is 2.30. The van der Waals surface area contributed by atoms with E-state index >= 15 is 0 Å². The number of hydrogen-bond acceptors (Lipinski definition) is 2. The molecular weight excluding hydrogens is 185 g/mol. The zero-order valence-electron chi connectivity index (χ0n) is 7.79. The molecule has 74 valence electrons. The minimum atomic E-state index is -0.367. The number of anilines is 1. The third-order valence-corrected chi connectivity index (χ3v) is 2.23. The molecule has 3 nitrogen and oxygen atoms in total. The van der Waals surface area contributed by atoms with Gasteiger partial charge in [-0.2, -0.15) is 0 Å². The second-order valence-corrected chi connectivity index (χ2v) is 3.16. The van der Waals surface area contributed by atoms with Crippen LogP contribution in [0.1, 0.15) is 6.42 Å². The quantitative estimate of drug-likeness (QED) is 0.628. The molecule has 0 radical (unpaired) electrons. The number of amides is 1. The molecule has 0 saturated heterocycles. The van der Waals surface area contributed by atoms with Crippen LogP contribution in [0.4, 0.5) is 10.1 Å². The highest BCUT2D eigenvalue weighted by Gasteiger charge is 2.19. The molecule has 1 aliphatic rings. The second kappa shape index (κ2) is 3.29. The van der Waals surface area contributed by atoms with Gasteiger partial charge < -0.3 is 9.64 Å². The molecule has 0 fully saturated rings. The fourth-order valence-electron chi connectivity index (χ4n) is 1.43. The summed E-state index contributed by atoms with van der Waals surface area (Å²) in [6.07, 6.45) is 0.326. The summed E-state index contributed by atoms with van der Waals surface area (Å²) >= 11 is 0. The van der Waals surface area contributed by atoms with Gasteiger partial charge in [-0.3, -0.25) is 4.79 Å². The number of fused-ring (bicyclic) bond motifs is 1. The number of carbonyl (C=O) groups excluding carboxylic acids is 1. The Morgan fingerprint density at radius 1 is 1.50 bits per heavy atom. The van der Waals surface area contributed by atoms with Gasteiger partial charge in [-0.05, 0) is 12.1 Å². The maximum absolute atomic E-state index is 12.9. The van der Waals surface area contributed by atoms with Crippen molar-refractivity contribution in [1.82, 2.24) is 0 Å². The van der Waals surface area contributed by atoms with Crippen LogP contribution < -0.4 is 9.64 Å². The molecule has 4 heteroatoms. The first-order valence-corrected chi connectivity index (χ1v) is 4.37. The van der Waals surface area contributed by atoms with Gasteiger partial charge in [0.15, 0.2) is 0 Å². The molecular formula is C10H10FNO2. The smallest absolute Gasteiger partial charge is 0.230 e. The number of halogens is 1. The van der Waals surface area contributed by atoms with Crippen LogP contribution in [0.25, 0.3) is 0 Å². The lowest BCUT2D eigenvalue weighted by Crippen LogP contribution is -2.25. The number of carbonyl (C=O) groups is 1. The molecule has 0 atom stereocenters. The SMILES string of the molecule is CN1C(=O)CCOc2ccc(F)cc21. The Morgan fingerprint density at radius 2 is 2.29 bits per heavy atom. The van der Waals surface area contributed by atoms with E-state index in [1.54, 1.807) is 13.1 Å². The Kier molecular flexibility index (Phi) is 2.11. The number of rotatable bonds is 0. The minimum Gasteiger partial charge on any atom is -0.491 e. The molecule has 0 bridgehead atoms. The Bertz CT molecular complexity index is 378. The molecule has 1 heterocycles. The molecule has 14 heavy (non-hydrogen) atoms. The third-order valence-electron chi connectivity index (χ3n) is 2.23. The molecule has 0 spiro atoms. The first-order chi connectivity index (χ1) is 6.68. The minimum absolute atomic E-state index is 0.0608. The highest BCUT2D eigenvalue weighted by atomic mass is 19.1. The van der Waals surface area contributed by atoms with Crippen molar-refractivity contribution in [3.05, 3.63) is 24.0 Å². The fraction of sp³-hybridized carbons (Fsp3) is 0.300. The van der Waals surface area contributed by atoms with Crippen molar-refractivity contribution in [3.63, 3.8) is 0 Å². The maximum Gasteiger partial charge on any atom is 0.230 e. The Hall–Kier alpha value is -1.58. The third kappa shape index (κ3) is 1.43. The zero-order valence-corrected chi connectivity index (χ0v) is 7.79. The molecule has 0 saturated carbocycles. The van der Waals surface area contributed by atoms with Gasteiger partial charge in [0.1, 0.15) is 11.6 Å². The predicted octanol–water partition coefficient (Wildman–Crippen LogP) is 1.57. The standard InChI is InChI=1S/C10H10FNO2/c1-12-8-6-7(11)2-3-9(8)14-5-4-10(12)13/h2-3,6H,4-5H2,1H3. The van der Waals surface area contributed by atoms with E-state index in [1.165, 1.54) is 17.0 Å². The van der Waals surface area contributed by atoms with Crippen molar-refractivity contribution in [2.24, 2.45) is 0 Å². The van der Waals surface area contributed by atoms with E-state index in [9.17, 15) is 9.18 Å². The fourth-order valence-corrected chi connectivity index (χ4v) is 1.43. The monoisotopic (exact) mass is 195 g/mol. The topological polar surface area (TPSA) is 29.5 Å². The second-order valence-electron chi connectivity index (χ2n) is 3.16. The Labute approximate surface area is 81.1 Å². The van der Waals surface area contributed by atoms with Crippen LogP contribution in [-0.2, 0) is 4.79 Å². The van der Waals surface area contributed by atoms with Crippen LogP contribution in [0.5, 0.6) is 5.75 Å². The maximum atomic E-state index is 12.9. The van der Waals surface area contributed by atoms with Gasteiger partial charge in [0.25, 0.3) is 0 Å². The Morgan fingerprint density at radius 3 is 3.07 bits per heavy atom. The van der Waals surface area contributed by atoms with Gasteiger partial charge in [0.2, 0.25) is 5.91 Å². The van der Waals surface area contributed by atoms with Crippen LogP contribution in [0.3, 0.4) is 0 Å². The van der Waals surface area contributed by atoms with Crippen molar-refractivity contribution in [3.8, 4) is 5.75 Å². The summed E-state index contributed by atoms with van der Waals surface area (Å²) in [4.78, 5) is 12.8. The molecule has 0 aliphatic carbocycles. The molecule has 1 aromatic carbocycles. The van der Waals surface area contributed by atoms with Gasteiger partial charge in [0.05, 0.1) is 18.7 Å². The van der Waals surface area contributed by atoms with Gasteiger partial charge >= 0.3 is 0 Å². The van der Waals surface area contributed by atoms with E-state index in [2.05, 4.69) is 0 Å². The molecule has 0 aromatic heterocycles. The average molecular weight is 195 g/mol. The molecule has 0 unspecified atom stereocenters. The predicted molar refractivity (Wildman–Crippen MR) is 49.9 cm³/mol. The molecule has 1 aromatic rings. The first kappa shape index (κ1) is 8.99. The van der Waals surface area contributed by atoms with Gasteiger partial charge in [-0.1, -0.05) is 0 Å². The highest BCUT2D eigenvalue weighted by molar-refractivity contribution is 5.95. The summed E-state index contributed by atoms with van der Waals surface area (Å²) in [6, 6.07) is 4.17. The van der Waals surface area contributed by atoms with Crippen molar-refractivity contribution in [2.75, 3.05) is 18.6 Å². The van der Waals surface area contributed by atoms with Crippen molar-refractivity contribution < 1.29 is 13.9 Å². The first-order valence-electron chi connectivity index (χ1n) is 4.37. The van der Waals surface area contributed by atoms with Crippen molar-refractivity contribution >= 4 is 11.6 Å². The van der Waals surface area contributed by atoms with Gasteiger partial charge in [0, 0.05) is 13.1 Å². The summed E-state index contributed by atoms with van der Waals surface area (Å²) in [5.74, 6) is 0.128. The van der Waals surface area contributed by atoms with Crippen LogP contribution in [0.15, 0.2) is 18.2 Å². The molecule has 1 aliphatic heterocycles. The van der Waals surface area contributed by atoms with Crippen LogP contribution in [0.2, 0.25) is 0 Å². The normalized spacial score (nSPS) is 15.9. The van der Waals surface area contributed by atoms with Gasteiger partial charge in [-0.15, -0.1) is 0 Å². The lowest BCUT2D eigenvalue weighted by atomic mass is 10.2. The number of nitrogens with zero attached hydrogens (tertiary/aromatic N) is 1. The van der Waals surface area contributed by atoms with Crippen LogP contribution >= 0.6 is 0 Å². The number of hydrogen-bond donors (Lipinski definition) is 0. The van der Waals surface area contributed by atoms with Crippen molar-refractivity contribution in [1.29, 1.82) is 0 Å². The van der Waals surface area contributed by atoms with E-state index in [0.29, 0.717) is 24.5 Å². The number of benzene rings is 1. The summed E-state index contributed by atoms with van der Waals surface area (Å²) in [6.45, 7) is 0.349. The summed E-state index contributed by atoms with van der Waals surface area (Å²) < 4.78 is 18.2. The lowest BCUT2D eigenvalue weighted by Gasteiger charge is -2.15. The number of ether oxygens (including phenoxy) is 1. The highest BCUT2D eigenvalue weighted by Crippen LogP contribution is 2.30. The van der Waals surface area contributed by atoms with E-state index in [1.807, 2.05) is 0 Å². The van der Waals surface area contributed by atoms with Crippen LogP contribution in [-0.4, -0.2) is 19.6 Å². The lowest BCUT2D eigenvalue weighted by molar-refractivity contribution is -0.118. The Balaban J connectivity index is 2.49. The van der Waals surface area contributed by atoms with Crippen molar-refractivity contribution in [2.45, 2.75) is 6.42 Å².